The SMILES string of the molecule is CSC(Oc1cc(C)c2ncc(C(C)(C)O)cc2c1)C(=O)NC(C)(C)C. The number of carbonyl (C=O) groups excluding carboxylic acids is 1. The maximum atomic E-state index is 12.4. The summed E-state index contributed by atoms with van der Waals surface area (Å²) in [7, 11) is 0. The number of nitrogens with zero attached hydrogens (tertiary/aromatic N) is 1. The van der Waals surface area contributed by atoms with Gasteiger partial charge in [0, 0.05) is 22.7 Å². The van der Waals surface area contributed by atoms with E-state index < -0.39 is 11.0 Å². The molecule has 0 bridgehead atoms. The molecule has 0 saturated heterocycles. The number of rotatable bonds is 5. The highest BCUT2D eigenvalue weighted by Gasteiger charge is 2.24. The minimum Gasteiger partial charge on any atom is -0.470 e. The molecule has 1 atom stereocenters. The number of aryl methyl sites for hydroxylation is 1. The van der Waals surface area contributed by atoms with Gasteiger partial charge in [-0.25, -0.2) is 0 Å². The Morgan fingerprint density at radius 2 is 1.88 bits per heavy atom. The number of hydrogen-bond donors (Lipinski definition) is 2. The van der Waals surface area contributed by atoms with Crippen LogP contribution in [0.1, 0.15) is 45.7 Å². The van der Waals surface area contributed by atoms with Gasteiger partial charge in [0.1, 0.15) is 5.75 Å². The summed E-state index contributed by atoms with van der Waals surface area (Å²) >= 11 is 1.34. The monoisotopic (exact) mass is 376 g/mol. The van der Waals surface area contributed by atoms with Gasteiger partial charge in [0.15, 0.2) is 0 Å². The average Bonchev–Trinajstić information content (AvgIpc) is 2.49. The second kappa shape index (κ2) is 7.45. The Bertz CT molecular complexity index is 807. The van der Waals surface area contributed by atoms with Crippen LogP contribution >= 0.6 is 11.8 Å². The topological polar surface area (TPSA) is 71.5 Å². The van der Waals surface area contributed by atoms with Crippen molar-refractivity contribution in [1.82, 2.24) is 10.3 Å². The van der Waals surface area contributed by atoms with E-state index in [1.54, 1.807) is 20.0 Å². The lowest BCUT2D eigenvalue weighted by Gasteiger charge is -2.24. The van der Waals surface area contributed by atoms with Crippen LogP contribution in [0, 0.1) is 6.92 Å². The number of aliphatic hydroxyl groups is 1. The fourth-order valence-electron chi connectivity index (χ4n) is 2.56. The molecular weight excluding hydrogens is 348 g/mol. The minimum atomic E-state index is -0.972. The van der Waals surface area contributed by atoms with Gasteiger partial charge in [-0.05, 0) is 71.6 Å². The van der Waals surface area contributed by atoms with Crippen LogP contribution in [0.4, 0.5) is 0 Å². The minimum absolute atomic E-state index is 0.161. The molecule has 1 unspecified atom stereocenters. The van der Waals surface area contributed by atoms with Crippen LogP contribution in [-0.2, 0) is 10.4 Å². The molecule has 26 heavy (non-hydrogen) atoms. The van der Waals surface area contributed by atoms with Crippen LogP contribution in [-0.4, -0.2) is 33.2 Å². The summed E-state index contributed by atoms with van der Waals surface area (Å²) < 4.78 is 5.95. The Kier molecular flexibility index (Phi) is 5.88. The van der Waals surface area contributed by atoms with Crippen molar-refractivity contribution in [3.63, 3.8) is 0 Å². The van der Waals surface area contributed by atoms with Crippen molar-refractivity contribution in [2.75, 3.05) is 6.26 Å². The highest BCUT2D eigenvalue weighted by Crippen LogP contribution is 2.29. The zero-order valence-corrected chi connectivity index (χ0v) is 17.3. The third-order valence-corrected chi connectivity index (χ3v) is 4.56. The van der Waals surface area contributed by atoms with Gasteiger partial charge < -0.3 is 15.2 Å². The van der Waals surface area contributed by atoms with Crippen LogP contribution in [0.25, 0.3) is 10.9 Å². The average molecular weight is 377 g/mol. The number of carbonyl (C=O) groups is 1. The number of amides is 1. The molecule has 5 nitrogen and oxygen atoms in total. The van der Waals surface area contributed by atoms with E-state index in [0.29, 0.717) is 5.75 Å². The summed E-state index contributed by atoms with van der Waals surface area (Å²) in [5.41, 5.74) is 0.602. The maximum Gasteiger partial charge on any atom is 0.272 e. The van der Waals surface area contributed by atoms with Crippen molar-refractivity contribution < 1.29 is 14.6 Å². The zero-order chi connectivity index (χ0) is 19.7. The Morgan fingerprint density at radius 3 is 2.42 bits per heavy atom. The number of aromatic nitrogens is 1. The summed E-state index contributed by atoms with van der Waals surface area (Å²) in [6, 6.07) is 5.65. The van der Waals surface area contributed by atoms with E-state index in [-0.39, 0.29) is 11.4 Å². The molecule has 0 aliphatic rings. The number of pyridine rings is 1. The van der Waals surface area contributed by atoms with Crippen LogP contribution in [0.3, 0.4) is 0 Å². The van der Waals surface area contributed by atoms with Crippen molar-refractivity contribution in [2.24, 2.45) is 0 Å². The number of nitrogens with one attached hydrogen (secondary N) is 1. The predicted molar refractivity (Wildman–Crippen MR) is 108 cm³/mol. The van der Waals surface area contributed by atoms with Crippen LogP contribution in [0.5, 0.6) is 5.75 Å². The summed E-state index contributed by atoms with van der Waals surface area (Å²) in [4.78, 5) is 16.9. The first-order valence-corrected chi connectivity index (χ1v) is 9.84. The van der Waals surface area contributed by atoms with Crippen molar-refractivity contribution in [2.45, 2.75) is 58.1 Å². The molecule has 0 fully saturated rings. The Hall–Kier alpha value is -1.79. The first kappa shape index (κ1) is 20.5. The molecular formula is C20H28N2O3S. The molecule has 1 aromatic heterocycles. The van der Waals surface area contributed by atoms with Crippen molar-refractivity contribution in [3.8, 4) is 5.75 Å². The number of ether oxygens (including phenoxy) is 1. The van der Waals surface area contributed by atoms with E-state index in [2.05, 4.69) is 10.3 Å². The van der Waals surface area contributed by atoms with E-state index in [1.807, 2.05) is 52.1 Å². The molecule has 1 amide bonds. The zero-order valence-electron chi connectivity index (χ0n) is 16.5. The molecule has 0 aliphatic heterocycles. The van der Waals surface area contributed by atoms with Crippen molar-refractivity contribution >= 4 is 28.6 Å². The molecule has 2 N–H and O–H groups in total. The van der Waals surface area contributed by atoms with E-state index in [4.69, 9.17) is 4.74 Å². The second-order valence-electron chi connectivity index (χ2n) is 8.02. The Balaban J connectivity index is 2.35. The molecule has 1 aromatic carbocycles. The van der Waals surface area contributed by atoms with Crippen molar-refractivity contribution in [1.29, 1.82) is 0 Å². The fourth-order valence-corrected chi connectivity index (χ4v) is 3.04. The summed E-state index contributed by atoms with van der Waals surface area (Å²) in [6.07, 6.45) is 3.53. The largest absolute Gasteiger partial charge is 0.470 e. The van der Waals surface area contributed by atoms with Crippen LogP contribution in [0.2, 0.25) is 0 Å². The molecule has 142 valence electrons. The van der Waals surface area contributed by atoms with Gasteiger partial charge in [0.05, 0.1) is 11.1 Å². The first-order valence-electron chi connectivity index (χ1n) is 8.55. The molecule has 2 aromatic rings. The smallest absolute Gasteiger partial charge is 0.272 e. The quantitative estimate of drug-likeness (QED) is 0.778. The second-order valence-corrected chi connectivity index (χ2v) is 8.92. The van der Waals surface area contributed by atoms with E-state index in [1.165, 1.54) is 11.8 Å². The van der Waals surface area contributed by atoms with Gasteiger partial charge in [-0.1, -0.05) is 0 Å². The van der Waals surface area contributed by atoms with Crippen molar-refractivity contribution in [3.05, 3.63) is 35.5 Å². The molecule has 0 saturated carbocycles. The van der Waals surface area contributed by atoms with Gasteiger partial charge >= 0.3 is 0 Å². The predicted octanol–water partition coefficient (Wildman–Crippen LogP) is 3.75. The van der Waals surface area contributed by atoms with Gasteiger partial charge in [-0.15, -0.1) is 11.8 Å². The normalized spacial score (nSPS) is 13.5. The Morgan fingerprint density at radius 1 is 1.23 bits per heavy atom. The van der Waals surface area contributed by atoms with Gasteiger partial charge in [0.25, 0.3) is 5.91 Å². The number of benzene rings is 1. The highest BCUT2D eigenvalue weighted by atomic mass is 32.2. The lowest BCUT2D eigenvalue weighted by Crippen LogP contribution is -2.46. The van der Waals surface area contributed by atoms with E-state index >= 15 is 0 Å². The first-order chi connectivity index (χ1) is 11.9. The molecule has 6 heteroatoms. The summed E-state index contributed by atoms with van der Waals surface area (Å²) in [5.74, 6) is 0.444. The maximum absolute atomic E-state index is 12.4. The third-order valence-electron chi connectivity index (χ3n) is 3.82. The molecule has 0 spiro atoms. The lowest BCUT2D eigenvalue weighted by molar-refractivity contribution is -0.125. The third kappa shape index (κ3) is 5.11. The van der Waals surface area contributed by atoms with Crippen LogP contribution < -0.4 is 10.1 Å². The molecule has 2 rings (SSSR count). The van der Waals surface area contributed by atoms with E-state index in [0.717, 1.165) is 22.0 Å². The Labute approximate surface area is 159 Å². The number of thioether (sulfide) groups is 1. The number of fused-ring (bicyclic) bond motifs is 1. The molecule has 0 aliphatic carbocycles. The van der Waals surface area contributed by atoms with Gasteiger partial charge in [0.2, 0.25) is 5.44 Å². The molecule has 0 radical (unpaired) electrons. The van der Waals surface area contributed by atoms with Gasteiger partial charge in [-0.2, -0.15) is 0 Å². The van der Waals surface area contributed by atoms with Gasteiger partial charge in [-0.3, -0.25) is 9.78 Å². The van der Waals surface area contributed by atoms with E-state index in [9.17, 15) is 9.90 Å². The highest BCUT2D eigenvalue weighted by molar-refractivity contribution is 7.99. The lowest BCUT2D eigenvalue weighted by atomic mass is 9.98. The summed E-state index contributed by atoms with van der Waals surface area (Å²) in [5, 5.41) is 14.0. The summed E-state index contributed by atoms with van der Waals surface area (Å²) in [6.45, 7) is 11.2. The molecule has 1 heterocycles. The standard InChI is InChI=1S/C20H28N2O3S/c1-12-8-15(25-18(26-7)17(23)22-19(2,3)4)10-13-9-14(20(5,6)24)11-21-16(12)13/h8-11,18,24H,1-7H3,(H,22,23). The number of hydrogen-bond acceptors (Lipinski definition) is 5. The fraction of sp³-hybridized carbons (Fsp3) is 0.500. The van der Waals surface area contributed by atoms with Crippen LogP contribution in [0.15, 0.2) is 24.4 Å².